The number of anilines is 1. The monoisotopic (exact) mass is 699 g/mol. The Kier molecular flexibility index (Phi) is 12.5. The fraction of sp³-hybridized carbons (Fsp3) is 0.257. The first-order valence-corrected chi connectivity index (χ1v) is 17.5. The Hall–Kier alpha value is -3.56. The Labute approximate surface area is 286 Å². The third kappa shape index (κ3) is 8.82. The zero-order chi connectivity index (χ0) is 33.3. The molecule has 0 aliphatic carbocycles. The fourth-order valence-electron chi connectivity index (χ4n) is 5.00. The number of halogens is 3. The normalized spacial score (nSPS) is 11.9. The van der Waals surface area contributed by atoms with Gasteiger partial charge in [0.25, 0.3) is 10.0 Å². The van der Waals surface area contributed by atoms with Crippen molar-refractivity contribution in [3.8, 4) is 0 Å². The molecular weight excluding hydrogens is 665 g/mol. The first-order chi connectivity index (χ1) is 22.0. The number of nitrogens with zero attached hydrogens (tertiary/aromatic N) is 2. The summed E-state index contributed by atoms with van der Waals surface area (Å²) < 4.78 is 29.4. The number of nitrogens with one attached hydrogen (secondary N) is 1. The van der Waals surface area contributed by atoms with Crippen molar-refractivity contribution in [1.29, 1.82) is 0 Å². The Morgan fingerprint density at radius 3 is 2.11 bits per heavy atom. The van der Waals surface area contributed by atoms with Crippen molar-refractivity contribution in [1.82, 2.24) is 10.2 Å². The highest BCUT2D eigenvalue weighted by atomic mass is 35.5. The minimum absolute atomic E-state index is 0.000943. The molecule has 4 aromatic rings. The van der Waals surface area contributed by atoms with E-state index in [0.717, 1.165) is 22.7 Å². The van der Waals surface area contributed by atoms with Crippen LogP contribution in [0.1, 0.15) is 36.5 Å². The van der Waals surface area contributed by atoms with Gasteiger partial charge in [-0.05, 0) is 60.9 Å². The van der Waals surface area contributed by atoms with E-state index in [9.17, 15) is 18.0 Å². The van der Waals surface area contributed by atoms with Crippen molar-refractivity contribution < 1.29 is 18.0 Å². The molecule has 0 heterocycles. The molecule has 4 rings (SSSR count). The van der Waals surface area contributed by atoms with Crippen LogP contribution in [0.4, 0.5) is 5.69 Å². The lowest BCUT2D eigenvalue weighted by molar-refractivity contribution is -0.140. The second-order valence-electron chi connectivity index (χ2n) is 10.8. The molecule has 1 atom stereocenters. The lowest BCUT2D eigenvalue weighted by atomic mass is 10.0. The van der Waals surface area contributed by atoms with Crippen LogP contribution in [0.2, 0.25) is 15.1 Å². The van der Waals surface area contributed by atoms with Gasteiger partial charge in [0.2, 0.25) is 11.8 Å². The van der Waals surface area contributed by atoms with E-state index in [1.54, 1.807) is 55.5 Å². The first-order valence-electron chi connectivity index (χ1n) is 14.9. The summed E-state index contributed by atoms with van der Waals surface area (Å²) in [7, 11) is -4.26. The summed E-state index contributed by atoms with van der Waals surface area (Å²) >= 11 is 19.5. The summed E-state index contributed by atoms with van der Waals surface area (Å²) in [6.45, 7) is 3.43. The van der Waals surface area contributed by atoms with Crippen molar-refractivity contribution in [2.45, 2.75) is 50.6 Å². The molecule has 1 N–H and O–H groups in total. The van der Waals surface area contributed by atoms with Crippen LogP contribution >= 0.6 is 34.8 Å². The van der Waals surface area contributed by atoms with Crippen LogP contribution in [-0.4, -0.2) is 44.3 Å². The molecule has 0 saturated heterocycles. The minimum Gasteiger partial charge on any atom is -0.354 e. The predicted octanol–water partition coefficient (Wildman–Crippen LogP) is 7.71. The highest BCUT2D eigenvalue weighted by Gasteiger charge is 2.35. The molecule has 11 heteroatoms. The van der Waals surface area contributed by atoms with Crippen LogP contribution in [0.3, 0.4) is 0 Å². The van der Waals surface area contributed by atoms with E-state index in [1.165, 1.54) is 23.1 Å². The highest BCUT2D eigenvalue weighted by Crippen LogP contribution is 2.31. The molecule has 46 heavy (non-hydrogen) atoms. The molecule has 0 saturated carbocycles. The molecule has 4 aromatic carbocycles. The van der Waals surface area contributed by atoms with Gasteiger partial charge >= 0.3 is 0 Å². The topological polar surface area (TPSA) is 86.8 Å². The maximum Gasteiger partial charge on any atom is 0.264 e. The standard InChI is InChI=1S/C35H36Cl3N3O4S/c1-3-4-20-39-35(43)33(21-26-12-7-5-8-13-26)40(23-29-30(37)16-11-17-31(29)38)34(42)24-41(32-22-27(36)19-18-25(32)2)46(44,45)28-14-9-6-10-15-28/h5-19,22,33H,3-4,20-21,23-24H2,1-2H3,(H,39,43)/t33-/m0/s1. The molecule has 242 valence electrons. The quantitative estimate of drug-likeness (QED) is 0.137. The lowest BCUT2D eigenvalue weighted by Gasteiger charge is -2.34. The number of amides is 2. The van der Waals surface area contributed by atoms with Gasteiger partial charge in [0, 0.05) is 40.1 Å². The van der Waals surface area contributed by atoms with Crippen LogP contribution in [0.25, 0.3) is 0 Å². The largest absolute Gasteiger partial charge is 0.354 e. The highest BCUT2D eigenvalue weighted by molar-refractivity contribution is 7.92. The van der Waals surface area contributed by atoms with E-state index in [-0.39, 0.29) is 29.5 Å². The van der Waals surface area contributed by atoms with E-state index >= 15 is 0 Å². The lowest BCUT2D eigenvalue weighted by Crippen LogP contribution is -2.53. The van der Waals surface area contributed by atoms with Gasteiger partial charge in [0.1, 0.15) is 12.6 Å². The van der Waals surface area contributed by atoms with Crippen LogP contribution in [0.15, 0.2) is 102 Å². The van der Waals surface area contributed by atoms with Crippen molar-refractivity contribution in [2.75, 3.05) is 17.4 Å². The van der Waals surface area contributed by atoms with Crippen LogP contribution in [0, 0.1) is 6.92 Å². The van der Waals surface area contributed by atoms with Gasteiger partial charge in [-0.15, -0.1) is 0 Å². The smallest absolute Gasteiger partial charge is 0.264 e. The summed E-state index contributed by atoms with van der Waals surface area (Å²) in [6.07, 6.45) is 1.80. The number of carbonyl (C=O) groups is 2. The van der Waals surface area contributed by atoms with Gasteiger partial charge < -0.3 is 10.2 Å². The summed E-state index contributed by atoms with van der Waals surface area (Å²) in [5, 5.41) is 3.90. The second kappa shape index (κ2) is 16.3. The molecule has 7 nitrogen and oxygen atoms in total. The van der Waals surface area contributed by atoms with Crippen LogP contribution < -0.4 is 9.62 Å². The Balaban J connectivity index is 1.85. The molecule has 0 unspecified atom stereocenters. The second-order valence-corrected chi connectivity index (χ2v) is 13.9. The summed E-state index contributed by atoms with van der Waals surface area (Å²) in [5.74, 6) is -0.994. The number of hydrogen-bond acceptors (Lipinski definition) is 4. The maximum atomic E-state index is 14.6. The predicted molar refractivity (Wildman–Crippen MR) is 186 cm³/mol. The fourth-order valence-corrected chi connectivity index (χ4v) is 7.17. The van der Waals surface area contributed by atoms with E-state index in [0.29, 0.717) is 32.7 Å². The number of unbranched alkanes of at least 4 members (excludes halogenated alkanes) is 1. The van der Waals surface area contributed by atoms with Gasteiger partial charge in [-0.3, -0.25) is 13.9 Å². The van der Waals surface area contributed by atoms with Crippen LogP contribution in [0.5, 0.6) is 0 Å². The van der Waals surface area contributed by atoms with E-state index in [4.69, 9.17) is 34.8 Å². The third-order valence-electron chi connectivity index (χ3n) is 7.54. The van der Waals surface area contributed by atoms with Crippen LogP contribution in [-0.2, 0) is 32.6 Å². The molecule has 2 amide bonds. The number of sulfonamides is 1. The van der Waals surface area contributed by atoms with Crippen molar-refractivity contribution >= 4 is 62.3 Å². The van der Waals surface area contributed by atoms with Crippen molar-refractivity contribution in [2.24, 2.45) is 0 Å². The van der Waals surface area contributed by atoms with Gasteiger partial charge in [-0.25, -0.2) is 8.42 Å². The van der Waals surface area contributed by atoms with E-state index in [2.05, 4.69) is 5.32 Å². The number of rotatable bonds is 14. The summed E-state index contributed by atoms with van der Waals surface area (Å²) in [4.78, 5) is 29.9. The van der Waals surface area contributed by atoms with Crippen molar-refractivity contribution in [3.05, 3.63) is 129 Å². The minimum atomic E-state index is -4.26. The zero-order valence-corrected chi connectivity index (χ0v) is 28.7. The van der Waals surface area contributed by atoms with Gasteiger partial charge in [-0.1, -0.05) is 109 Å². The number of aryl methyl sites for hydroxylation is 1. The van der Waals surface area contributed by atoms with Crippen molar-refractivity contribution in [3.63, 3.8) is 0 Å². The van der Waals surface area contributed by atoms with E-state index < -0.39 is 28.5 Å². The van der Waals surface area contributed by atoms with E-state index in [1.807, 2.05) is 37.3 Å². The maximum absolute atomic E-state index is 14.6. The average molecular weight is 701 g/mol. The Bertz CT molecular complexity index is 1740. The molecule has 0 fully saturated rings. The SMILES string of the molecule is CCCCNC(=O)[C@H](Cc1ccccc1)N(Cc1c(Cl)cccc1Cl)C(=O)CN(c1cc(Cl)ccc1C)S(=O)(=O)c1ccccc1. The molecular formula is C35H36Cl3N3O4S. The summed E-state index contributed by atoms with van der Waals surface area (Å²) in [5.41, 5.74) is 2.10. The molecule has 0 bridgehead atoms. The van der Waals surface area contributed by atoms with Gasteiger partial charge in [0.15, 0.2) is 0 Å². The number of benzene rings is 4. The Morgan fingerprint density at radius 2 is 1.48 bits per heavy atom. The third-order valence-corrected chi connectivity index (χ3v) is 10.3. The molecule has 0 aliphatic rings. The average Bonchev–Trinajstić information content (AvgIpc) is 3.04. The molecule has 0 spiro atoms. The zero-order valence-electron chi connectivity index (χ0n) is 25.6. The number of hydrogen-bond donors (Lipinski definition) is 1. The summed E-state index contributed by atoms with van der Waals surface area (Å²) in [6, 6.07) is 26.0. The Morgan fingerprint density at radius 1 is 0.848 bits per heavy atom. The van der Waals surface area contributed by atoms with Gasteiger partial charge in [-0.2, -0.15) is 0 Å². The number of carbonyl (C=O) groups excluding carboxylic acids is 2. The first kappa shape index (κ1) is 35.3. The molecule has 0 radical (unpaired) electrons. The molecule has 0 aliphatic heterocycles. The molecule has 0 aromatic heterocycles. The van der Waals surface area contributed by atoms with Gasteiger partial charge in [0.05, 0.1) is 10.6 Å².